The minimum Gasteiger partial charge on any atom is -0.426 e. The molecule has 0 fully saturated rings. The Morgan fingerprint density at radius 3 is 2.68 bits per heavy atom. The number of thiazole rings is 1. The summed E-state index contributed by atoms with van der Waals surface area (Å²) in [6.45, 7) is 3.86. The third kappa shape index (κ3) is 2.88. The zero-order valence-electron chi connectivity index (χ0n) is 12.6. The minimum atomic E-state index is -0.198. The van der Waals surface area contributed by atoms with E-state index in [0.717, 1.165) is 27.2 Å². The maximum absolute atomic E-state index is 12.1. The molecule has 0 bridgehead atoms. The summed E-state index contributed by atoms with van der Waals surface area (Å²) in [5, 5.41) is 0.869. The van der Waals surface area contributed by atoms with Crippen molar-refractivity contribution in [3.8, 4) is 16.3 Å². The summed E-state index contributed by atoms with van der Waals surface area (Å²) in [5.41, 5.74) is 1.82. The molecule has 0 aliphatic heterocycles. The minimum absolute atomic E-state index is 0.108. The fourth-order valence-corrected chi connectivity index (χ4v) is 3.09. The van der Waals surface area contributed by atoms with Gasteiger partial charge in [-0.3, -0.25) is 4.79 Å². The summed E-state index contributed by atoms with van der Waals surface area (Å²) in [6, 6.07) is 15.6. The van der Waals surface area contributed by atoms with E-state index in [2.05, 4.69) is 4.98 Å². The Bertz CT molecular complexity index is 776. The van der Waals surface area contributed by atoms with Crippen LogP contribution in [0, 0.1) is 5.92 Å². The zero-order chi connectivity index (χ0) is 15.5. The predicted molar refractivity (Wildman–Crippen MR) is 90.1 cm³/mol. The van der Waals surface area contributed by atoms with E-state index in [1.165, 1.54) is 0 Å². The van der Waals surface area contributed by atoms with Gasteiger partial charge in [0.05, 0.1) is 21.7 Å². The van der Waals surface area contributed by atoms with Crippen molar-refractivity contribution in [3.05, 3.63) is 48.5 Å². The molecule has 112 valence electrons. The number of hydrogen-bond donors (Lipinski definition) is 0. The van der Waals surface area contributed by atoms with Crippen LogP contribution in [0.3, 0.4) is 0 Å². The van der Waals surface area contributed by atoms with E-state index >= 15 is 0 Å². The van der Waals surface area contributed by atoms with Gasteiger partial charge in [-0.25, -0.2) is 4.98 Å². The highest BCUT2D eigenvalue weighted by molar-refractivity contribution is 7.21. The number of nitrogens with zero attached hydrogens (tertiary/aromatic N) is 1. The van der Waals surface area contributed by atoms with Crippen LogP contribution in [0.15, 0.2) is 48.5 Å². The molecular weight excluding hydrogens is 294 g/mol. The van der Waals surface area contributed by atoms with Crippen molar-refractivity contribution >= 4 is 27.5 Å². The van der Waals surface area contributed by atoms with E-state index in [9.17, 15) is 4.79 Å². The van der Waals surface area contributed by atoms with Crippen LogP contribution >= 0.6 is 11.3 Å². The smallest absolute Gasteiger partial charge is 0.314 e. The lowest BCUT2D eigenvalue weighted by Crippen LogP contribution is -2.17. The molecule has 3 aromatic rings. The van der Waals surface area contributed by atoms with Crippen LogP contribution in [-0.2, 0) is 4.79 Å². The third-order valence-corrected chi connectivity index (χ3v) is 4.71. The first-order valence-electron chi connectivity index (χ1n) is 7.35. The van der Waals surface area contributed by atoms with Crippen molar-refractivity contribution in [1.29, 1.82) is 0 Å². The van der Waals surface area contributed by atoms with Crippen molar-refractivity contribution < 1.29 is 9.53 Å². The lowest BCUT2D eigenvalue weighted by atomic mass is 10.1. The van der Waals surface area contributed by atoms with Crippen molar-refractivity contribution in [1.82, 2.24) is 4.98 Å². The van der Waals surface area contributed by atoms with Crippen LogP contribution in [0.1, 0.15) is 20.3 Å². The molecule has 0 spiro atoms. The van der Waals surface area contributed by atoms with Crippen LogP contribution in [0.2, 0.25) is 0 Å². The highest BCUT2D eigenvalue weighted by atomic mass is 32.1. The molecule has 22 heavy (non-hydrogen) atoms. The fourth-order valence-electron chi connectivity index (χ4n) is 2.10. The Morgan fingerprint density at radius 1 is 1.18 bits per heavy atom. The number of esters is 1. The topological polar surface area (TPSA) is 39.2 Å². The van der Waals surface area contributed by atoms with Crippen LogP contribution in [-0.4, -0.2) is 11.0 Å². The van der Waals surface area contributed by atoms with Crippen molar-refractivity contribution in [2.24, 2.45) is 5.92 Å². The van der Waals surface area contributed by atoms with Gasteiger partial charge in [0.25, 0.3) is 0 Å². The number of carbonyl (C=O) groups is 1. The van der Waals surface area contributed by atoms with E-state index in [0.29, 0.717) is 5.75 Å². The van der Waals surface area contributed by atoms with Crippen LogP contribution < -0.4 is 4.74 Å². The molecule has 0 N–H and O–H groups in total. The van der Waals surface area contributed by atoms with E-state index in [1.807, 2.05) is 62.4 Å². The average molecular weight is 311 g/mol. The van der Waals surface area contributed by atoms with Gasteiger partial charge in [0.2, 0.25) is 0 Å². The molecule has 0 saturated carbocycles. The second kappa shape index (κ2) is 6.28. The van der Waals surface area contributed by atoms with Crippen molar-refractivity contribution in [2.45, 2.75) is 20.3 Å². The maximum atomic E-state index is 12.1. The molecule has 0 amide bonds. The van der Waals surface area contributed by atoms with Gasteiger partial charge < -0.3 is 4.74 Å². The number of para-hydroxylation sites is 2. The molecule has 0 saturated heterocycles. The highest BCUT2D eigenvalue weighted by Crippen LogP contribution is 2.35. The molecule has 1 heterocycles. The van der Waals surface area contributed by atoms with Crippen LogP contribution in [0.25, 0.3) is 20.8 Å². The van der Waals surface area contributed by atoms with E-state index in [4.69, 9.17) is 4.74 Å². The monoisotopic (exact) mass is 311 g/mol. The first-order valence-corrected chi connectivity index (χ1v) is 8.17. The lowest BCUT2D eigenvalue weighted by molar-refractivity contribution is -0.138. The molecule has 4 heteroatoms. The van der Waals surface area contributed by atoms with E-state index < -0.39 is 0 Å². The first-order chi connectivity index (χ1) is 10.7. The summed E-state index contributed by atoms with van der Waals surface area (Å²) in [6.07, 6.45) is 0.766. The average Bonchev–Trinajstić information content (AvgIpc) is 2.98. The van der Waals surface area contributed by atoms with Gasteiger partial charge in [-0.1, -0.05) is 38.1 Å². The van der Waals surface area contributed by atoms with Gasteiger partial charge in [0.1, 0.15) is 10.8 Å². The van der Waals surface area contributed by atoms with Gasteiger partial charge in [-0.05, 0) is 30.7 Å². The van der Waals surface area contributed by atoms with Crippen molar-refractivity contribution in [3.63, 3.8) is 0 Å². The summed E-state index contributed by atoms with van der Waals surface area (Å²) in [5.74, 6) is 0.270. The van der Waals surface area contributed by atoms with Crippen LogP contribution in [0.5, 0.6) is 5.75 Å². The Labute approximate surface area is 133 Å². The second-order valence-corrected chi connectivity index (χ2v) is 6.24. The number of benzene rings is 2. The SMILES string of the molecule is CCC(C)C(=O)Oc1ccccc1-c1nc2ccccc2s1. The van der Waals surface area contributed by atoms with Gasteiger partial charge in [-0.15, -0.1) is 11.3 Å². The lowest BCUT2D eigenvalue weighted by Gasteiger charge is -2.11. The fraction of sp³-hybridized carbons (Fsp3) is 0.222. The van der Waals surface area contributed by atoms with Crippen molar-refractivity contribution in [2.75, 3.05) is 0 Å². The van der Waals surface area contributed by atoms with Gasteiger partial charge in [-0.2, -0.15) is 0 Å². The Morgan fingerprint density at radius 2 is 1.91 bits per heavy atom. The maximum Gasteiger partial charge on any atom is 0.314 e. The standard InChI is InChI=1S/C18H17NO2S/c1-3-12(2)18(20)21-15-10-6-4-8-13(15)17-19-14-9-5-7-11-16(14)22-17/h4-12H,3H2,1-2H3. The summed E-state index contributed by atoms with van der Waals surface area (Å²) >= 11 is 1.60. The molecule has 3 nitrogen and oxygen atoms in total. The second-order valence-electron chi connectivity index (χ2n) is 5.21. The largest absolute Gasteiger partial charge is 0.426 e. The molecule has 0 aliphatic rings. The van der Waals surface area contributed by atoms with Gasteiger partial charge >= 0.3 is 5.97 Å². The third-order valence-electron chi connectivity index (χ3n) is 3.64. The Balaban J connectivity index is 1.98. The summed E-state index contributed by atoms with van der Waals surface area (Å²) in [4.78, 5) is 16.7. The number of ether oxygens (including phenoxy) is 1. The molecular formula is C18H17NO2S. The molecule has 0 aliphatic carbocycles. The number of aromatic nitrogens is 1. The van der Waals surface area contributed by atoms with E-state index in [-0.39, 0.29) is 11.9 Å². The Hall–Kier alpha value is -2.20. The quantitative estimate of drug-likeness (QED) is 0.507. The molecule has 2 aromatic carbocycles. The van der Waals surface area contributed by atoms with E-state index in [1.54, 1.807) is 11.3 Å². The number of fused-ring (bicyclic) bond motifs is 1. The summed E-state index contributed by atoms with van der Waals surface area (Å²) in [7, 11) is 0. The zero-order valence-corrected chi connectivity index (χ0v) is 13.4. The molecule has 1 unspecified atom stereocenters. The summed E-state index contributed by atoms with van der Waals surface area (Å²) < 4.78 is 6.70. The predicted octanol–water partition coefficient (Wildman–Crippen LogP) is 4.91. The normalized spacial score (nSPS) is 12.3. The van der Waals surface area contributed by atoms with Gasteiger partial charge in [0.15, 0.2) is 0 Å². The highest BCUT2D eigenvalue weighted by Gasteiger charge is 2.17. The number of hydrogen-bond acceptors (Lipinski definition) is 4. The Kier molecular flexibility index (Phi) is 4.20. The number of carbonyl (C=O) groups excluding carboxylic acids is 1. The first kappa shape index (κ1) is 14.7. The van der Waals surface area contributed by atoms with Gasteiger partial charge in [0, 0.05) is 0 Å². The number of rotatable bonds is 4. The molecule has 1 atom stereocenters. The molecule has 3 rings (SSSR count). The van der Waals surface area contributed by atoms with Crippen LogP contribution in [0.4, 0.5) is 0 Å². The molecule has 0 radical (unpaired) electrons. The molecule has 1 aromatic heterocycles.